The summed E-state index contributed by atoms with van der Waals surface area (Å²) in [4.78, 5) is 0. The van der Waals surface area contributed by atoms with Gasteiger partial charge in [0.1, 0.15) is 0 Å². The summed E-state index contributed by atoms with van der Waals surface area (Å²) in [6, 6.07) is 0. The fourth-order valence-electron chi connectivity index (χ4n) is 0.322. The number of allylic oxidation sites excluding steroid dienone is 3. The van der Waals surface area contributed by atoms with Gasteiger partial charge in [-0.1, -0.05) is 57.7 Å². The lowest BCUT2D eigenvalue weighted by Gasteiger charge is -1.81. The molecule has 2 radical (unpaired) electrons. The Morgan fingerprint density at radius 2 is 1.90 bits per heavy atom. The van der Waals surface area contributed by atoms with E-state index in [1.54, 1.807) is 6.08 Å². The van der Waals surface area contributed by atoms with E-state index in [0.717, 1.165) is 6.42 Å². The highest BCUT2D eigenvalue weighted by Gasteiger charge is 1.71. The topological polar surface area (TPSA) is 0 Å². The fraction of sp³-hybridized carbons (Fsp3) is 0.400. The van der Waals surface area contributed by atoms with Gasteiger partial charge in [0.2, 0.25) is 0 Å². The molecule has 0 aliphatic rings. The summed E-state index contributed by atoms with van der Waals surface area (Å²) in [7, 11) is 0. The lowest BCUT2D eigenvalue weighted by atomic mass is 10.3. The second kappa shape index (κ2) is 15.7. The van der Waals surface area contributed by atoms with Crippen LogP contribution in [-0.2, 0) is 0 Å². The molecule has 0 unspecified atom stereocenters. The molecular weight excluding hydrogens is 120 g/mol. The van der Waals surface area contributed by atoms with Crippen LogP contribution in [0.3, 0.4) is 0 Å². The summed E-state index contributed by atoms with van der Waals surface area (Å²) in [6.07, 6.45) is 8.17. The van der Waals surface area contributed by atoms with Crippen LogP contribution >= 0.6 is 0 Å². The first kappa shape index (κ1) is 12.0. The Kier molecular flexibility index (Phi) is 18.8. The minimum Gasteiger partial charge on any atom is -0.0991 e. The van der Waals surface area contributed by atoms with Crippen molar-refractivity contribution in [2.75, 3.05) is 0 Å². The highest BCUT2D eigenvalue weighted by molar-refractivity contribution is 4.86. The van der Waals surface area contributed by atoms with E-state index in [1.807, 2.05) is 0 Å². The standard InChI is InChI=1S/C6H11.C4H5/c1-3-5-6-4-2;1-3-4-2/h1,3H,4-6H2,2H3;1,3-4H,2H2. The van der Waals surface area contributed by atoms with Gasteiger partial charge in [-0.2, -0.15) is 0 Å². The smallest absolute Gasteiger partial charge is 0.0348 e. The Balaban J connectivity index is 0. The van der Waals surface area contributed by atoms with Crippen LogP contribution in [0.15, 0.2) is 24.8 Å². The first-order valence-electron chi connectivity index (χ1n) is 3.52. The predicted octanol–water partition coefficient (Wildman–Crippen LogP) is 3.33. The minimum absolute atomic E-state index is 1.07. The lowest BCUT2D eigenvalue weighted by Crippen LogP contribution is -1.62. The second-order valence-corrected chi connectivity index (χ2v) is 1.81. The Morgan fingerprint density at radius 3 is 2.00 bits per heavy atom. The SMILES string of the molecule is [CH]=CC=C.[CH]=CCCCC. The van der Waals surface area contributed by atoms with Crippen LogP contribution in [0.25, 0.3) is 0 Å². The number of rotatable bonds is 4. The first-order chi connectivity index (χ1) is 4.83. The Bertz CT molecular complexity index is 74.0. The molecule has 0 aliphatic heterocycles. The summed E-state index contributed by atoms with van der Waals surface area (Å²) in [5.74, 6) is 0. The van der Waals surface area contributed by atoms with Gasteiger partial charge in [-0.05, 0) is 6.42 Å². The average molecular weight is 136 g/mol. The summed E-state index contributed by atoms with van der Waals surface area (Å²) in [6.45, 7) is 15.3. The zero-order valence-electron chi connectivity index (χ0n) is 6.72. The molecule has 0 heteroatoms. The molecule has 0 aromatic heterocycles. The Labute approximate surface area is 65.0 Å². The van der Waals surface area contributed by atoms with E-state index >= 15 is 0 Å². The second-order valence-electron chi connectivity index (χ2n) is 1.81. The largest absolute Gasteiger partial charge is 0.0991 e. The van der Waals surface area contributed by atoms with E-state index in [1.165, 1.54) is 25.0 Å². The third-order valence-electron chi connectivity index (χ3n) is 0.860. The van der Waals surface area contributed by atoms with Gasteiger partial charge in [-0.15, -0.1) is 0 Å². The van der Waals surface area contributed by atoms with Gasteiger partial charge in [0, 0.05) is 0 Å². The van der Waals surface area contributed by atoms with E-state index in [9.17, 15) is 0 Å². The molecule has 10 heavy (non-hydrogen) atoms. The van der Waals surface area contributed by atoms with Gasteiger partial charge < -0.3 is 0 Å². The van der Waals surface area contributed by atoms with Gasteiger partial charge in [0.25, 0.3) is 0 Å². The number of hydrogen-bond acceptors (Lipinski definition) is 0. The number of unbranched alkanes of at least 4 members (excludes halogenated alkanes) is 2. The molecule has 0 spiro atoms. The quantitative estimate of drug-likeness (QED) is 0.411. The maximum absolute atomic E-state index is 5.09. The van der Waals surface area contributed by atoms with Gasteiger partial charge in [-0.3, -0.25) is 0 Å². The van der Waals surface area contributed by atoms with Crippen molar-refractivity contribution in [1.82, 2.24) is 0 Å². The van der Waals surface area contributed by atoms with Gasteiger partial charge in [0.15, 0.2) is 0 Å². The van der Waals surface area contributed by atoms with Crippen LogP contribution in [0.1, 0.15) is 26.2 Å². The third-order valence-corrected chi connectivity index (χ3v) is 0.860. The maximum Gasteiger partial charge on any atom is -0.0348 e. The highest BCUT2D eigenvalue weighted by atomic mass is 13.8. The molecule has 0 aromatic carbocycles. The molecule has 0 nitrogen and oxygen atoms in total. The molecule has 0 amide bonds. The molecule has 0 aliphatic carbocycles. The van der Waals surface area contributed by atoms with Crippen LogP contribution < -0.4 is 0 Å². The lowest BCUT2D eigenvalue weighted by molar-refractivity contribution is 0.815. The van der Waals surface area contributed by atoms with E-state index in [4.69, 9.17) is 13.2 Å². The minimum atomic E-state index is 1.07. The Hall–Kier alpha value is -0.780. The van der Waals surface area contributed by atoms with Crippen LogP contribution in [0.4, 0.5) is 0 Å². The molecule has 0 saturated heterocycles. The van der Waals surface area contributed by atoms with E-state index in [2.05, 4.69) is 13.5 Å². The van der Waals surface area contributed by atoms with Crippen molar-refractivity contribution in [3.05, 3.63) is 38.0 Å². The predicted molar refractivity (Wildman–Crippen MR) is 47.5 cm³/mol. The summed E-state index contributed by atoms with van der Waals surface area (Å²) >= 11 is 0. The van der Waals surface area contributed by atoms with Crippen LogP contribution in [0, 0.1) is 13.2 Å². The molecular formula is C10H16. The summed E-state index contributed by atoms with van der Waals surface area (Å²) in [5, 5.41) is 0. The third kappa shape index (κ3) is 26.9. The molecule has 0 saturated carbocycles. The number of hydrogen-bond donors (Lipinski definition) is 0. The first-order valence-corrected chi connectivity index (χ1v) is 3.52. The van der Waals surface area contributed by atoms with Gasteiger partial charge in [0.05, 0.1) is 0 Å². The van der Waals surface area contributed by atoms with E-state index in [0.29, 0.717) is 0 Å². The zero-order valence-corrected chi connectivity index (χ0v) is 6.72. The Morgan fingerprint density at radius 1 is 1.40 bits per heavy atom. The normalized spacial score (nSPS) is 6.90. The van der Waals surface area contributed by atoms with Gasteiger partial charge in [-0.25, -0.2) is 0 Å². The molecule has 0 fully saturated rings. The van der Waals surface area contributed by atoms with Crippen molar-refractivity contribution in [2.45, 2.75) is 26.2 Å². The zero-order chi connectivity index (χ0) is 8.24. The van der Waals surface area contributed by atoms with Crippen LogP contribution in [0.5, 0.6) is 0 Å². The molecule has 0 N–H and O–H groups in total. The van der Waals surface area contributed by atoms with Crippen molar-refractivity contribution in [3.63, 3.8) is 0 Å². The van der Waals surface area contributed by atoms with E-state index < -0.39 is 0 Å². The van der Waals surface area contributed by atoms with E-state index in [-0.39, 0.29) is 0 Å². The molecule has 56 valence electrons. The molecule has 0 atom stereocenters. The molecule has 0 heterocycles. The van der Waals surface area contributed by atoms with Crippen molar-refractivity contribution in [3.8, 4) is 0 Å². The van der Waals surface area contributed by atoms with Gasteiger partial charge >= 0.3 is 0 Å². The molecule has 0 rings (SSSR count). The van der Waals surface area contributed by atoms with Crippen LogP contribution in [0.2, 0.25) is 0 Å². The summed E-state index contributed by atoms with van der Waals surface area (Å²) in [5.41, 5.74) is 0. The fourth-order valence-corrected chi connectivity index (χ4v) is 0.322. The average Bonchev–Trinajstić information content (AvgIpc) is 2.01. The summed E-state index contributed by atoms with van der Waals surface area (Å²) < 4.78 is 0. The van der Waals surface area contributed by atoms with Crippen LogP contribution in [-0.4, -0.2) is 0 Å². The molecule has 0 aromatic rings. The van der Waals surface area contributed by atoms with Crippen molar-refractivity contribution < 1.29 is 0 Å². The monoisotopic (exact) mass is 136 g/mol. The highest BCUT2D eigenvalue weighted by Crippen LogP contribution is 1.91. The van der Waals surface area contributed by atoms with Crippen molar-refractivity contribution in [1.29, 1.82) is 0 Å². The van der Waals surface area contributed by atoms with Crippen molar-refractivity contribution in [2.24, 2.45) is 0 Å². The maximum atomic E-state index is 5.09. The van der Waals surface area contributed by atoms with Crippen molar-refractivity contribution >= 4 is 0 Å². The molecule has 0 bridgehead atoms.